The van der Waals surface area contributed by atoms with Crippen LogP contribution in [0.15, 0.2) is 18.2 Å². The summed E-state index contributed by atoms with van der Waals surface area (Å²) < 4.78 is 2.17. The number of nitrogens with zero attached hydrogens (tertiary/aromatic N) is 1. The quantitative estimate of drug-likeness (QED) is 0.900. The zero-order chi connectivity index (χ0) is 14.2. The van der Waals surface area contributed by atoms with E-state index in [0.29, 0.717) is 0 Å². The molecule has 1 atom stereocenters. The van der Waals surface area contributed by atoms with Gasteiger partial charge in [-0.15, -0.1) is 0 Å². The summed E-state index contributed by atoms with van der Waals surface area (Å²) in [5, 5.41) is 4.17. The largest absolute Gasteiger partial charge is 0.350 e. The van der Waals surface area contributed by atoms with Crippen molar-refractivity contribution in [1.29, 1.82) is 0 Å². The first kappa shape index (κ1) is 13.7. The van der Waals surface area contributed by atoms with Gasteiger partial charge in [0.25, 0.3) is 5.91 Å². The zero-order valence-corrected chi connectivity index (χ0v) is 12.4. The Balaban J connectivity index is 2.42. The van der Waals surface area contributed by atoms with E-state index in [4.69, 9.17) is 0 Å². The summed E-state index contributed by atoms with van der Waals surface area (Å²) in [4.78, 5) is 12.1. The number of hydrogen-bond donors (Lipinski definition) is 1. The first-order valence-electron chi connectivity index (χ1n) is 6.82. The highest BCUT2D eigenvalue weighted by Crippen LogP contribution is 2.25. The SMILES string of the molecule is CC[C@H](C)NC(=O)c1ccc2c(c1)c(C)c(C)n2C. The summed E-state index contributed by atoms with van der Waals surface area (Å²) in [5.74, 6) is 0.0113. The molecule has 3 heteroatoms. The van der Waals surface area contributed by atoms with Crippen molar-refractivity contribution in [3.05, 3.63) is 35.0 Å². The van der Waals surface area contributed by atoms with Gasteiger partial charge in [0.05, 0.1) is 0 Å². The minimum atomic E-state index is 0.0113. The number of benzene rings is 1. The first-order valence-corrected chi connectivity index (χ1v) is 6.82. The van der Waals surface area contributed by atoms with Crippen LogP contribution in [0.25, 0.3) is 10.9 Å². The highest BCUT2D eigenvalue weighted by atomic mass is 16.1. The van der Waals surface area contributed by atoms with Crippen LogP contribution in [0.3, 0.4) is 0 Å². The molecule has 1 aromatic heterocycles. The summed E-state index contributed by atoms with van der Waals surface area (Å²) in [5.41, 5.74) is 4.40. The molecule has 0 radical (unpaired) electrons. The standard InChI is InChI=1S/C16H22N2O/c1-6-10(2)17-16(19)13-7-8-15-14(9-13)11(3)12(4)18(15)5/h7-10H,6H2,1-5H3,(H,17,19)/t10-/m0/s1. The summed E-state index contributed by atoms with van der Waals surface area (Å²) in [6.07, 6.45) is 0.942. The molecule has 0 fully saturated rings. The molecule has 1 N–H and O–H groups in total. The maximum absolute atomic E-state index is 12.1. The number of hydrogen-bond acceptors (Lipinski definition) is 1. The third kappa shape index (κ3) is 2.37. The lowest BCUT2D eigenvalue weighted by Gasteiger charge is -2.11. The van der Waals surface area contributed by atoms with Gasteiger partial charge in [-0.3, -0.25) is 4.79 Å². The monoisotopic (exact) mass is 258 g/mol. The van der Waals surface area contributed by atoms with Crippen LogP contribution in [-0.4, -0.2) is 16.5 Å². The molecule has 102 valence electrons. The van der Waals surface area contributed by atoms with Crippen molar-refractivity contribution >= 4 is 16.8 Å². The third-order valence-electron chi connectivity index (χ3n) is 4.06. The van der Waals surface area contributed by atoms with E-state index in [1.165, 1.54) is 16.8 Å². The topological polar surface area (TPSA) is 34.0 Å². The van der Waals surface area contributed by atoms with Gasteiger partial charge >= 0.3 is 0 Å². The smallest absolute Gasteiger partial charge is 0.251 e. The molecule has 0 spiro atoms. The Bertz CT molecular complexity index is 625. The molecule has 1 amide bonds. The summed E-state index contributed by atoms with van der Waals surface area (Å²) in [6, 6.07) is 6.14. The number of amides is 1. The fourth-order valence-corrected chi connectivity index (χ4v) is 2.31. The van der Waals surface area contributed by atoms with Gasteiger partial charge in [-0.25, -0.2) is 0 Å². The van der Waals surface area contributed by atoms with E-state index >= 15 is 0 Å². The maximum atomic E-state index is 12.1. The molecule has 0 saturated carbocycles. The molecular formula is C16H22N2O. The van der Waals surface area contributed by atoms with Crippen LogP contribution >= 0.6 is 0 Å². The van der Waals surface area contributed by atoms with Crippen LogP contribution in [0, 0.1) is 13.8 Å². The number of rotatable bonds is 3. The Kier molecular flexibility index (Phi) is 3.65. The molecule has 0 unspecified atom stereocenters. The highest BCUT2D eigenvalue weighted by molar-refractivity contribution is 5.99. The average molecular weight is 258 g/mol. The Hall–Kier alpha value is -1.77. The molecule has 0 aliphatic heterocycles. The maximum Gasteiger partial charge on any atom is 0.251 e. The van der Waals surface area contributed by atoms with Crippen molar-refractivity contribution in [1.82, 2.24) is 9.88 Å². The van der Waals surface area contributed by atoms with Crippen molar-refractivity contribution < 1.29 is 4.79 Å². The lowest BCUT2D eigenvalue weighted by Crippen LogP contribution is -2.31. The van der Waals surface area contributed by atoms with E-state index in [0.717, 1.165) is 17.4 Å². The van der Waals surface area contributed by atoms with Crippen molar-refractivity contribution in [2.45, 2.75) is 40.2 Å². The molecule has 0 bridgehead atoms. The number of aryl methyl sites for hydroxylation is 2. The van der Waals surface area contributed by atoms with Crippen LogP contribution in [0.2, 0.25) is 0 Å². The lowest BCUT2D eigenvalue weighted by atomic mass is 10.1. The number of carbonyl (C=O) groups excluding carboxylic acids is 1. The molecule has 1 heterocycles. The van der Waals surface area contributed by atoms with Gasteiger partial charge in [-0.1, -0.05) is 6.92 Å². The third-order valence-corrected chi connectivity index (χ3v) is 4.06. The van der Waals surface area contributed by atoms with E-state index < -0.39 is 0 Å². The second-order valence-electron chi connectivity index (χ2n) is 5.28. The van der Waals surface area contributed by atoms with E-state index in [1.54, 1.807) is 0 Å². The van der Waals surface area contributed by atoms with Gasteiger partial charge in [0, 0.05) is 35.2 Å². The van der Waals surface area contributed by atoms with Crippen LogP contribution < -0.4 is 5.32 Å². The van der Waals surface area contributed by atoms with Crippen LogP contribution in [0.4, 0.5) is 0 Å². The van der Waals surface area contributed by atoms with Crippen molar-refractivity contribution in [3.8, 4) is 0 Å². The fraction of sp³-hybridized carbons (Fsp3) is 0.438. The second-order valence-corrected chi connectivity index (χ2v) is 5.28. The fourth-order valence-electron chi connectivity index (χ4n) is 2.31. The van der Waals surface area contributed by atoms with Gasteiger partial charge in [-0.2, -0.15) is 0 Å². The molecular weight excluding hydrogens is 236 g/mol. The van der Waals surface area contributed by atoms with E-state index in [2.05, 4.69) is 37.7 Å². The second kappa shape index (κ2) is 5.08. The summed E-state index contributed by atoms with van der Waals surface area (Å²) in [7, 11) is 2.06. The van der Waals surface area contributed by atoms with Crippen molar-refractivity contribution in [2.24, 2.45) is 7.05 Å². The minimum absolute atomic E-state index is 0.0113. The molecule has 0 saturated heterocycles. The van der Waals surface area contributed by atoms with Gasteiger partial charge < -0.3 is 9.88 Å². The molecule has 19 heavy (non-hydrogen) atoms. The van der Waals surface area contributed by atoms with Crippen molar-refractivity contribution in [3.63, 3.8) is 0 Å². The van der Waals surface area contributed by atoms with Crippen LogP contribution in [0.1, 0.15) is 41.9 Å². The number of nitrogens with one attached hydrogen (secondary N) is 1. The van der Waals surface area contributed by atoms with Gasteiger partial charge in [-0.05, 0) is 51.0 Å². The predicted octanol–water partition coefficient (Wildman–Crippen LogP) is 3.32. The first-order chi connectivity index (χ1) is 8.95. The number of carbonyl (C=O) groups is 1. The highest BCUT2D eigenvalue weighted by Gasteiger charge is 2.13. The number of fused-ring (bicyclic) bond motifs is 1. The van der Waals surface area contributed by atoms with E-state index in [9.17, 15) is 4.79 Å². The van der Waals surface area contributed by atoms with Gasteiger partial charge in [0.2, 0.25) is 0 Å². The van der Waals surface area contributed by atoms with Crippen LogP contribution in [-0.2, 0) is 7.05 Å². The van der Waals surface area contributed by atoms with Gasteiger partial charge in [0.1, 0.15) is 0 Å². The predicted molar refractivity (Wildman–Crippen MR) is 79.6 cm³/mol. The Morgan fingerprint density at radius 1 is 1.37 bits per heavy atom. The normalized spacial score (nSPS) is 12.7. The molecule has 0 aliphatic rings. The zero-order valence-electron chi connectivity index (χ0n) is 12.4. The molecule has 3 nitrogen and oxygen atoms in total. The van der Waals surface area contributed by atoms with Crippen LogP contribution in [0.5, 0.6) is 0 Å². The molecule has 2 rings (SSSR count). The Morgan fingerprint density at radius 3 is 2.68 bits per heavy atom. The van der Waals surface area contributed by atoms with E-state index in [1.807, 2.05) is 25.1 Å². The number of aromatic nitrogens is 1. The van der Waals surface area contributed by atoms with Crippen molar-refractivity contribution in [2.75, 3.05) is 0 Å². The summed E-state index contributed by atoms with van der Waals surface area (Å²) in [6.45, 7) is 8.30. The molecule has 2 aromatic rings. The summed E-state index contributed by atoms with van der Waals surface area (Å²) >= 11 is 0. The Labute approximate surface area is 114 Å². The Morgan fingerprint density at radius 2 is 2.05 bits per heavy atom. The molecule has 0 aliphatic carbocycles. The minimum Gasteiger partial charge on any atom is -0.350 e. The lowest BCUT2D eigenvalue weighted by molar-refractivity contribution is 0.0939. The average Bonchev–Trinajstić information content (AvgIpc) is 2.63. The van der Waals surface area contributed by atoms with Gasteiger partial charge in [0.15, 0.2) is 0 Å². The van der Waals surface area contributed by atoms with E-state index in [-0.39, 0.29) is 11.9 Å². The molecule has 1 aromatic carbocycles.